The Hall–Kier alpha value is -1.07. The molecule has 0 aliphatic rings. The van der Waals surface area contributed by atoms with Crippen LogP contribution in [0.5, 0.6) is 0 Å². The van der Waals surface area contributed by atoms with Gasteiger partial charge in [-0.05, 0) is 58.2 Å². The number of amides is 1. The largest absolute Gasteiger partial charge is 0.444 e. The van der Waals surface area contributed by atoms with Crippen LogP contribution in [0.15, 0.2) is 24.3 Å². The topological polar surface area (TPSA) is 41.6 Å². The zero-order valence-corrected chi connectivity index (χ0v) is 18.4. The summed E-state index contributed by atoms with van der Waals surface area (Å²) in [5.74, 6) is 0. The normalized spacial score (nSPS) is 11.6. The van der Waals surface area contributed by atoms with E-state index in [0.717, 1.165) is 25.0 Å². The second kappa shape index (κ2) is 12.3. The van der Waals surface area contributed by atoms with Crippen LogP contribution in [-0.4, -0.2) is 41.6 Å². The zero-order chi connectivity index (χ0) is 19.4. The number of alkyl halides is 1. The molecule has 4 nitrogen and oxygen atoms in total. The molecule has 5 heteroatoms. The summed E-state index contributed by atoms with van der Waals surface area (Å²) in [6, 6.07) is 8.51. The van der Waals surface area contributed by atoms with E-state index in [2.05, 4.69) is 57.3 Å². The number of aryl methyl sites for hydroxylation is 1. The SMILES string of the molecule is Cc1ccccc1CN(CCCCCCBr)CCNC(=O)OC(C)(C)C. The molecule has 0 aliphatic carbocycles. The maximum Gasteiger partial charge on any atom is 0.407 e. The number of alkyl carbamates (subject to hydrolysis) is 1. The fourth-order valence-corrected chi connectivity index (χ4v) is 3.11. The Morgan fingerprint density at radius 3 is 2.46 bits per heavy atom. The van der Waals surface area contributed by atoms with E-state index in [0.29, 0.717) is 6.54 Å². The Morgan fingerprint density at radius 1 is 1.12 bits per heavy atom. The second-order valence-corrected chi connectivity index (χ2v) is 8.53. The highest BCUT2D eigenvalue weighted by Crippen LogP contribution is 2.12. The zero-order valence-electron chi connectivity index (χ0n) is 16.8. The van der Waals surface area contributed by atoms with Crippen LogP contribution in [0.3, 0.4) is 0 Å². The molecule has 148 valence electrons. The number of carbonyl (C=O) groups is 1. The fourth-order valence-electron chi connectivity index (χ4n) is 2.71. The van der Waals surface area contributed by atoms with Crippen LogP contribution in [-0.2, 0) is 11.3 Å². The van der Waals surface area contributed by atoms with Gasteiger partial charge in [-0.25, -0.2) is 4.79 Å². The number of carbonyl (C=O) groups excluding carboxylic acids is 1. The number of ether oxygens (including phenoxy) is 1. The molecular formula is C21H35BrN2O2. The first-order valence-corrected chi connectivity index (χ1v) is 10.7. The number of halogens is 1. The monoisotopic (exact) mass is 426 g/mol. The Morgan fingerprint density at radius 2 is 1.81 bits per heavy atom. The Labute approximate surface area is 167 Å². The molecule has 0 fully saturated rings. The van der Waals surface area contributed by atoms with Gasteiger partial charge in [0.1, 0.15) is 5.60 Å². The molecule has 0 unspecified atom stereocenters. The summed E-state index contributed by atoms with van der Waals surface area (Å²) in [5, 5.41) is 3.95. The molecule has 0 radical (unpaired) electrons. The average Bonchev–Trinajstić information content (AvgIpc) is 2.54. The van der Waals surface area contributed by atoms with Gasteiger partial charge in [-0.3, -0.25) is 4.90 Å². The van der Waals surface area contributed by atoms with Gasteiger partial charge in [0.05, 0.1) is 0 Å². The third-order valence-corrected chi connectivity index (χ3v) is 4.67. The molecule has 0 aliphatic heterocycles. The highest BCUT2D eigenvalue weighted by Gasteiger charge is 2.16. The molecule has 1 N–H and O–H groups in total. The number of benzene rings is 1. The molecule has 1 aromatic rings. The summed E-state index contributed by atoms with van der Waals surface area (Å²) in [7, 11) is 0. The maximum atomic E-state index is 11.8. The van der Waals surface area contributed by atoms with Crippen molar-refractivity contribution in [3.63, 3.8) is 0 Å². The number of unbranched alkanes of at least 4 members (excludes halogenated alkanes) is 3. The smallest absolute Gasteiger partial charge is 0.407 e. The van der Waals surface area contributed by atoms with Crippen molar-refractivity contribution in [2.45, 2.75) is 65.5 Å². The minimum atomic E-state index is -0.458. The molecule has 26 heavy (non-hydrogen) atoms. The van der Waals surface area contributed by atoms with Crippen molar-refractivity contribution in [1.29, 1.82) is 0 Å². The molecule has 1 amide bonds. The predicted octanol–water partition coefficient (Wildman–Crippen LogP) is 5.28. The molecule has 0 heterocycles. The molecule has 0 aromatic heterocycles. The number of rotatable bonds is 11. The maximum absolute atomic E-state index is 11.8. The first-order valence-electron chi connectivity index (χ1n) is 9.61. The molecule has 1 rings (SSSR count). The number of hydrogen-bond donors (Lipinski definition) is 1. The van der Waals surface area contributed by atoms with Crippen molar-refractivity contribution in [1.82, 2.24) is 10.2 Å². The van der Waals surface area contributed by atoms with Crippen molar-refractivity contribution >= 4 is 22.0 Å². The first kappa shape index (κ1) is 23.0. The van der Waals surface area contributed by atoms with Crippen LogP contribution in [0, 0.1) is 6.92 Å². The van der Waals surface area contributed by atoms with Crippen molar-refractivity contribution in [3.05, 3.63) is 35.4 Å². The van der Waals surface area contributed by atoms with Gasteiger partial charge in [-0.2, -0.15) is 0 Å². The standard InChI is InChI=1S/C21H35BrN2O2/c1-18-11-7-8-12-19(18)17-24(15-10-6-5-9-13-22)16-14-23-20(25)26-21(2,3)4/h7-8,11-12H,5-6,9-10,13-17H2,1-4H3,(H,23,25). The van der Waals surface area contributed by atoms with Crippen LogP contribution in [0.25, 0.3) is 0 Å². The molecule has 0 spiro atoms. The fraction of sp³-hybridized carbons (Fsp3) is 0.667. The third kappa shape index (κ3) is 10.8. The molecule has 0 saturated carbocycles. The molecule has 0 bridgehead atoms. The molecular weight excluding hydrogens is 392 g/mol. The van der Waals surface area contributed by atoms with Crippen LogP contribution >= 0.6 is 15.9 Å². The Balaban J connectivity index is 2.49. The van der Waals surface area contributed by atoms with Crippen LogP contribution in [0.2, 0.25) is 0 Å². The van der Waals surface area contributed by atoms with Gasteiger partial charge in [-0.15, -0.1) is 0 Å². The van der Waals surface area contributed by atoms with Crippen molar-refractivity contribution < 1.29 is 9.53 Å². The molecule has 0 atom stereocenters. The third-order valence-electron chi connectivity index (χ3n) is 4.11. The number of nitrogens with one attached hydrogen (secondary N) is 1. The van der Waals surface area contributed by atoms with Gasteiger partial charge < -0.3 is 10.1 Å². The van der Waals surface area contributed by atoms with Crippen LogP contribution in [0.1, 0.15) is 57.6 Å². The van der Waals surface area contributed by atoms with E-state index in [-0.39, 0.29) is 6.09 Å². The van der Waals surface area contributed by atoms with E-state index in [1.54, 1.807) is 0 Å². The Bertz CT molecular complexity index is 529. The lowest BCUT2D eigenvalue weighted by Crippen LogP contribution is -2.38. The highest BCUT2D eigenvalue weighted by molar-refractivity contribution is 9.09. The lowest BCUT2D eigenvalue weighted by Gasteiger charge is -2.24. The van der Waals surface area contributed by atoms with Crippen molar-refractivity contribution in [2.75, 3.05) is 25.0 Å². The van der Waals surface area contributed by atoms with Crippen molar-refractivity contribution in [2.24, 2.45) is 0 Å². The van der Waals surface area contributed by atoms with E-state index >= 15 is 0 Å². The number of hydrogen-bond acceptors (Lipinski definition) is 3. The lowest BCUT2D eigenvalue weighted by molar-refractivity contribution is 0.0521. The predicted molar refractivity (Wildman–Crippen MR) is 113 cm³/mol. The average molecular weight is 427 g/mol. The summed E-state index contributed by atoms with van der Waals surface area (Å²) in [4.78, 5) is 14.3. The minimum absolute atomic E-state index is 0.342. The highest BCUT2D eigenvalue weighted by atomic mass is 79.9. The Kier molecular flexibility index (Phi) is 10.9. The number of nitrogens with zero attached hydrogens (tertiary/aromatic N) is 1. The summed E-state index contributed by atoms with van der Waals surface area (Å²) in [6.45, 7) is 11.2. The lowest BCUT2D eigenvalue weighted by atomic mass is 10.1. The minimum Gasteiger partial charge on any atom is -0.444 e. The second-order valence-electron chi connectivity index (χ2n) is 7.73. The molecule has 0 saturated heterocycles. The summed E-state index contributed by atoms with van der Waals surface area (Å²) in [6.07, 6.45) is 4.59. The molecule has 1 aromatic carbocycles. The van der Waals surface area contributed by atoms with Gasteiger partial charge in [-0.1, -0.05) is 53.0 Å². The van der Waals surface area contributed by atoms with Crippen LogP contribution in [0.4, 0.5) is 4.79 Å². The summed E-state index contributed by atoms with van der Waals surface area (Å²) in [5.41, 5.74) is 2.21. The van der Waals surface area contributed by atoms with Gasteiger partial charge in [0.15, 0.2) is 0 Å². The summed E-state index contributed by atoms with van der Waals surface area (Å²) < 4.78 is 5.31. The van der Waals surface area contributed by atoms with Crippen LogP contribution < -0.4 is 5.32 Å². The van der Waals surface area contributed by atoms with E-state index in [4.69, 9.17) is 4.74 Å². The van der Waals surface area contributed by atoms with Gasteiger partial charge >= 0.3 is 6.09 Å². The van der Waals surface area contributed by atoms with Gasteiger partial charge in [0, 0.05) is 25.0 Å². The van der Waals surface area contributed by atoms with Gasteiger partial charge in [0.25, 0.3) is 0 Å². The van der Waals surface area contributed by atoms with Crippen molar-refractivity contribution in [3.8, 4) is 0 Å². The van der Waals surface area contributed by atoms with E-state index in [1.165, 1.54) is 36.8 Å². The summed E-state index contributed by atoms with van der Waals surface area (Å²) >= 11 is 3.49. The first-order chi connectivity index (χ1) is 12.3. The quantitative estimate of drug-likeness (QED) is 0.386. The van der Waals surface area contributed by atoms with Gasteiger partial charge in [0.2, 0.25) is 0 Å². The van der Waals surface area contributed by atoms with E-state index < -0.39 is 5.60 Å². The van der Waals surface area contributed by atoms with E-state index in [9.17, 15) is 4.79 Å². The van der Waals surface area contributed by atoms with E-state index in [1.807, 2.05) is 20.8 Å².